The van der Waals surface area contributed by atoms with Gasteiger partial charge >= 0.3 is 6.09 Å². The van der Waals surface area contributed by atoms with Gasteiger partial charge in [0.1, 0.15) is 16.9 Å². The Hall–Kier alpha value is -3.17. The largest absolute Gasteiger partial charge is 0.444 e. The molecule has 1 amide bonds. The van der Waals surface area contributed by atoms with Crippen LogP contribution >= 0.6 is 11.3 Å². The molecule has 0 atom stereocenters. The number of piperazine rings is 1. The number of aryl methyl sites for hydroxylation is 1. The Labute approximate surface area is 228 Å². The molecule has 1 aliphatic rings. The van der Waals surface area contributed by atoms with Gasteiger partial charge in [-0.05, 0) is 49.8 Å². The summed E-state index contributed by atoms with van der Waals surface area (Å²) in [5.41, 5.74) is 11.2. The van der Waals surface area contributed by atoms with Crippen LogP contribution in [0.15, 0.2) is 35.7 Å². The normalized spacial score (nSPS) is 15.0. The molecule has 0 bridgehead atoms. The number of aromatic nitrogens is 3. The van der Waals surface area contributed by atoms with Gasteiger partial charge in [0.05, 0.1) is 15.7 Å². The first-order valence-corrected chi connectivity index (χ1v) is 14.4. The molecule has 1 aromatic carbocycles. The van der Waals surface area contributed by atoms with Gasteiger partial charge in [0.15, 0.2) is 5.82 Å². The molecular formula is C29H38N6O2S. The smallest absolute Gasteiger partial charge is 0.410 e. The van der Waals surface area contributed by atoms with Crippen molar-refractivity contribution in [1.29, 1.82) is 0 Å². The lowest BCUT2D eigenvalue weighted by molar-refractivity contribution is 0.0139. The second-order valence-electron chi connectivity index (χ2n) is 11.1. The minimum atomic E-state index is -0.463. The molecule has 8 nitrogen and oxygen atoms in total. The average Bonchev–Trinajstić information content (AvgIpc) is 3.48. The third kappa shape index (κ3) is 5.78. The van der Waals surface area contributed by atoms with Crippen LogP contribution in [-0.2, 0) is 24.2 Å². The number of carbonyl (C=O) groups is 1. The van der Waals surface area contributed by atoms with Crippen LogP contribution in [0.2, 0.25) is 0 Å². The molecule has 0 unspecified atom stereocenters. The van der Waals surface area contributed by atoms with Gasteiger partial charge in [-0.25, -0.2) is 14.8 Å². The van der Waals surface area contributed by atoms with E-state index in [9.17, 15) is 4.79 Å². The summed E-state index contributed by atoms with van der Waals surface area (Å²) in [5.74, 6) is 1.58. The molecule has 0 aliphatic carbocycles. The van der Waals surface area contributed by atoms with E-state index in [2.05, 4.69) is 51.0 Å². The summed E-state index contributed by atoms with van der Waals surface area (Å²) in [5, 5.41) is 2.07. The third-order valence-electron chi connectivity index (χ3n) is 6.94. The van der Waals surface area contributed by atoms with Crippen molar-refractivity contribution >= 4 is 44.5 Å². The first kappa shape index (κ1) is 26.4. The summed E-state index contributed by atoms with van der Waals surface area (Å²) < 4.78 is 9.01. The maximum absolute atomic E-state index is 12.4. The number of anilines is 1. The standard InChI is InChI=1S/C29H38N6O2S/c1-5-6-7-23-32-24-25(26-22(12-17-38-26)31-27(24)30)35(23)19-21-10-8-20(9-11-21)18-33-13-15-34(16-14-33)28(36)37-29(2,3)4/h8-12,17H,5-7,13-16,18-19H2,1-4H3,(H2,30,31). The number of hydrogen-bond donors (Lipinski definition) is 1. The Morgan fingerprint density at radius 3 is 2.37 bits per heavy atom. The summed E-state index contributed by atoms with van der Waals surface area (Å²) in [6, 6.07) is 10.9. The van der Waals surface area contributed by atoms with Gasteiger partial charge in [-0.15, -0.1) is 11.3 Å². The number of ether oxygens (including phenoxy) is 1. The third-order valence-corrected chi connectivity index (χ3v) is 7.85. The van der Waals surface area contributed by atoms with Gasteiger partial charge in [0.2, 0.25) is 0 Å². The van der Waals surface area contributed by atoms with E-state index in [-0.39, 0.29) is 6.09 Å². The van der Waals surface area contributed by atoms with Crippen LogP contribution < -0.4 is 5.73 Å². The number of nitrogens with zero attached hydrogens (tertiary/aromatic N) is 5. The van der Waals surface area contributed by atoms with Gasteiger partial charge in [0, 0.05) is 45.7 Å². The van der Waals surface area contributed by atoms with Gasteiger partial charge in [-0.3, -0.25) is 4.90 Å². The number of amides is 1. The average molecular weight is 535 g/mol. The van der Waals surface area contributed by atoms with Gasteiger partial charge < -0.3 is 19.9 Å². The number of carbonyl (C=O) groups excluding carboxylic acids is 1. The number of unbranched alkanes of at least 4 members (excludes halogenated alkanes) is 1. The summed E-state index contributed by atoms with van der Waals surface area (Å²) in [6.45, 7) is 12.6. The molecule has 1 saturated heterocycles. The van der Waals surface area contributed by atoms with Crippen LogP contribution in [0.5, 0.6) is 0 Å². The van der Waals surface area contributed by atoms with E-state index in [1.165, 1.54) is 11.1 Å². The number of nitrogens with two attached hydrogens (primary N) is 1. The predicted molar refractivity (Wildman–Crippen MR) is 155 cm³/mol. The second-order valence-corrected chi connectivity index (χ2v) is 12.0. The first-order valence-electron chi connectivity index (χ1n) is 13.5. The Morgan fingerprint density at radius 2 is 1.71 bits per heavy atom. The molecule has 4 heterocycles. The van der Waals surface area contributed by atoms with Crippen molar-refractivity contribution in [2.75, 3.05) is 31.9 Å². The zero-order valence-electron chi connectivity index (χ0n) is 22.9. The monoisotopic (exact) mass is 534 g/mol. The van der Waals surface area contributed by atoms with E-state index in [1.807, 2.05) is 31.7 Å². The molecule has 2 N–H and O–H groups in total. The Kier molecular flexibility index (Phi) is 7.59. The van der Waals surface area contributed by atoms with Gasteiger partial charge in [0.25, 0.3) is 0 Å². The van der Waals surface area contributed by atoms with Crippen molar-refractivity contribution in [2.45, 2.75) is 65.6 Å². The summed E-state index contributed by atoms with van der Waals surface area (Å²) in [7, 11) is 0. The van der Waals surface area contributed by atoms with Crippen LogP contribution in [0.4, 0.5) is 10.6 Å². The van der Waals surface area contributed by atoms with Gasteiger partial charge in [-0.2, -0.15) is 0 Å². The quantitative estimate of drug-likeness (QED) is 0.329. The number of pyridine rings is 1. The summed E-state index contributed by atoms with van der Waals surface area (Å²) >= 11 is 1.70. The molecule has 0 radical (unpaired) electrons. The van der Waals surface area contributed by atoms with Crippen LogP contribution in [0.3, 0.4) is 0 Å². The highest BCUT2D eigenvalue weighted by molar-refractivity contribution is 7.18. The van der Waals surface area contributed by atoms with Gasteiger partial charge in [-0.1, -0.05) is 37.6 Å². The molecule has 1 aliphatic heterocycles. The Bertz CT molecular complexity index is 1410. The number of nitrogen functional groups attached to an aromatic ring is 1. The highest BCUT2D eigenvalue weighted by atomic mass is 32.1. The molecule has 4 aromatic rings. The topological polar surface area (TPSA) is 89.5 Å². The van der Waals surface area contributed by atoms with Crippen LogP contribution in [0.1, 0.15) is 57.5 Å². The van der Waals surface area contributed by atoms with E-state index in [0.717, 1.165) is 72.5 Å². The number of benzene rings is 1. The molecule has 5 rings (SSSR count). The molecule has 1 fully saturated rings. The van der Waals surface area contributed by atoms with E-state index in [1.54, 1.807) is 11.3 Å². The van der Waals surface area contributed by atoms with Crippen molar-refractivity contribution in [2.24, 2.45) is 0 Å². The fraction of sp³-hybridized carbons (Fsp3) is 0.483. The lowest BCUT2D eigenvalue weighted by Gasteiger charge is -2.35. The predicted octanol–water partition coefficient (Wildman–Crippen LogP) is 5.67. The first-order chi connectivity index (χ1) is 18.2. The number of rotatable bonds is 7. The zero-order chi connectivity index (χ0) is 26.9. The number of thiophene rings is 1. The zero-order valence-corrected chi connectivity index (χ0v) is 23.7. The lowest BCUT2D eigenvalue weighted by Crippen LogP contribution is -2.49. The maximum atomic E-state index is 12.4. The fourth-order valence-corrected chi connectivity index (χ4v) is 5.85. The minimum Gasteiger partial charge on any atom is -0.444 e. The SMILES string of the molecule is CCCCc1nc2c(N)nc3ccsc3c2n1Cc1ccc(CN2CCN(C(=O)OC(C)(C)C)CC2)cc1. The van der Waals surface area contributed by atoms with E-state index < -0.39 is 5.60 Å². The molecule has 202 valence electrons. The van der Waals surface area contributed by atoms with E-state index in [0.29, 0.717) is 18.9 Å². The molecule has 0 saturated carbocycles. The maximum Gasteiger partial charge on any atom is 0.410 e. The molecule has 9 heteroatoms. The van der Waals surface area contributed by atoms with Crippen LogP contribution in [0.25, 0.3) is 21.3 Å². The van der Waals surface area contributed by atoms with Crippen molar-refractivity contribution in [3.8, 4) is 0 Å². The fourth-order valence-electron chi connectivity index (χ4n) is 4.96. The molecular weight excluding hydrogens is 496 g/mol. The van der Waals surface area contributed by atoms with Crippen molar-refractivity contribution in [3.63, 3.8) is 0 Å². The Morgan fingerprint density at radius 1 is 1.03 bits per heavy atom. The lowest BCUT2D eigenvalue weighted by atomic mass is 10.1. The molecule has 38 heavy (non-hydrogen) atoms. The van der Waals surface area contributed by atoms with Crippen molar-refractivity contribution in [1.82, 2.24) is 24.3 Å². The summed E-state index contributed by atoms with van der Waals surface area (Å²) in [6.07, 6.45) is 2.91. The number of fused-ring (bicyclic) bond motifs is 3. The van der Waals surface area contributed by atoms with E-state index in [4.69, 9.17) is 15.5 Å². The molecule has 0 spiro atoms. The highest BCUT2D eigenvalue weighted by Crippen LogP contribution is 2.33. The number of hydrogen-bond acceptors (Lipinski definition) is 7. The Balaban J connectivity index is 1.28. The van der Waals surface area contributed by atoms with Crippen molar-refractivity contribution in [3.05, 3.63) is 52.7 Å². The summed E-state index contributed by atoms with van der Waals surface area (Å²) in [4.78, 5) is 26.1. The van der Waals surface area contributed by atoms with E-state index >= 15 is 0 Å². The van der Waals surface area contributed by atoms with Crippen LogP contribution in [0, 0.1) is 0 Å². The van der Waals surface area contributed by atoms with Crippen LogP contribution in [-0.4, -0.2) is 62.2 Å². The highest BCUT2D eigenvalue weighted by Gasteiger charge is 2.26. The molecule has 3 aromatic heterocycles. The second kappa shape index (κ2) is 10.9. The van der Waals surface area contributed by atoms with Crippen molar-refractivity contribution < 1.29 is 9.53 Å². The number of imidazole rings is 1. The minimum absolute atomic E-state index is 0.218.